The van der Waals surface area contributed by atoms with Crippen LogP contribution < -0.4 is 0 Å². The summed E-state index contributed by atoms with van der Waals surface area (Å²) in [4.78, 5) is 30.9. The minimum Gasteiger partial charge on any atom is -0.369 e. The highest BCUT2D eigenvalue weighted by molar-refractivity contribution is 5.96. The zero-order chi connectivity index (χ0) is 21.9. The van der Waals surface area contributed by atoms with Crippen molar-refractivity contribution in [2.45, 2.75) is 31.1 Å². The first-order valence-electron chi connectivity index (χ1n) is 11.3. The highest BCUT2D eigenvalue weighted by atomic mass is 16.5. The number of ether oxygens (including phenoxy) is 1. The Bertz CT molecular complexity index is 1160. The van der Waals surface area contributed by atoms with E-state index in [2.05, 4.69) is 33.9 Å². The van der Waals surface area contributed by atoms with Crippen LogP contribution in [0.15, 0.2) is 43.1 Å². The molecule has 2 bridgehead atoms. The van der Waals surface area contributed by atoms with Gasteiger partial charge in [-0.2, -0.15) is 0 Å². The van der Waals surface area contributed by atoms with Crippen LogP contribution in [0.4, 0.5) is 0 Å². The van der Waals surface area contributed by atoms with Crippen molar-refractivity contribution in [3.63, 3.8) is 0 Å². The van der Waals surface area contributed by atoms with Crippen LogP contribution in [0.25, 0.3) is 11.2 Å². The fourth-order valence-corrected chi connectivity index (χ4v) is 6.06. The second kappa shape index (κ2) is 7.35. The lowest BCUT2D eigenvalue weighted by molar-refractivity contribution is 0.00256. The van der Waals surface area contributed by atoms with Crippen molar-refractivity contribution in [1.29, 1.82) is 0 Å². The van der Waals surface area contributed by atoms with E-state index in [9.17, 15) is 4.79 Å². The molecule has 3 aromatic rings. The minimum absolute atomic E-state index is 0.0284. The van der Waals surface area contributed by atoms with E-state index in [1.54, 1.807) is 18.7 Å². The largest absolute Gasteiger partial charge is 0.369 e. The number of carbonyl (C=O) groups excluding carboxylic acids is 1. The standard InChI is InChI=1S/C24H28N6O2/c1-28(2)12-18-19-13-29(14-24(19)6-5-21(18)32-24)23(31)17-8-20-22(26-10-17)30(15-27-20)11-16-4-3-7-25-9-16/h3-4,7-10,15,18-19,21H,5-6,11-14H2,1-2H3/t18-,19+,21+,24+/m1/s1. The van der Waals surface area contributed by atoms with E-state index in [4.69, 9.17) is 4.74 Å². The fraction of sp³-hybridized carbons (Fsp3) is 0.500. The Balaban J connectivity index is 1.22. The molecular formula is C24H28N6O2. The summed E-state index contributed by atoms with van der Waals surface area (Å²) in [5.74, 6) is 0.948. The molecule has 6 rings (SSSR count). The Morgan fingerprint density at radius 2 is 2.22 bits per heavy atom. The lowest BCUT2D eigenvalue weighted by Crippen LogP contribution is -2.40. The van der Waals surface area contributed by atoms with Gasteiger partial charge in [0.15, 0.2) is 5.65 Å². The van der Waals surface area contributed by atoms with E-state index in [0.29, 0.717) is 36.6 Å². The van der Waals surface area contributed by atoms with Gasteiger partial charge in [0.2, 0.25) is 0 Å². The van der Waals surface area contributed by atoms with Crippen LogP contribution in [-0.2, 0) is 11.3 Å². The maximum absolute atomic E-state index is 13.4. The molecule has 0 N–H and O–H groups in total. The van der Waals surface area contributed by atoms with Crippen molar-refractivity contribution >= 4 is 17.1 Å². The number of rotatable bonds is 5. The van der Waals surface area contributed by atoms with Crippen LogP contribution in [0.2, 0.25) is 0 Å². The Labute approximate surface area is 187 Å². The number of pyridine rings is 2. The first-order chi connectivity index (χ1) is 15.5. The van der Waals surface area contributed by atoms with Gasteiger partial charge in [0.25, 0.3) is 5.91 Å². The second-order valence-corrected chi connectivity index (χ2v) is 9.78. The molecule has 32 heavy (non-hydrogen) atoms. The molecule has 8 heteroatoms. The Morgan fingerprint density at radius 3 is 3.03 bits per heavy atom. The van der Waals surface area contributed by atoms with Gasteiger partial charge in [0.1, 0.15) is 5.52 Å². The second-order valence-electron chi connectivity index (χ2n) is 9.78. The predicted octanol–water partition coefficient (Wildman–Crippen LogP) is 2.06. The molecule has 0 aromatic carbocycles. The molecule has 1 spiro atoms. The van der Waals surface area contributed by atoms with E-state index in [1.165, 1.54) is 0 Å². The molecule has 6 heterocycles. The quantitative estimate of drug-likeness (QED) is 0.614. The van der Waals surface area contributed by atoms with E-state index in [1.807, 2.05) is 33.9 Å². The lowest BCUT2D eigenvalue weighted by Gasteiger charge is -2.30. The zero-order valence-corrected chi connectivity index (χ0v) is 18.5. The van der Waals surface area contributed by atoms with Gasteiger partial charge in [0.05, 0.1) is 36.7 Å². The molecule has 0 aliphatic carbocycles. The average molecular weight is 433 g/mol. The predicted molar refractivity (Wildman–Crippen MR) is 119 cm³/mol. The first kappa shape index (κ1) is 19.8. The van der Waals surface area contributed by atoms with Gasteiger partial charge < -0.3 is 19.1 Å². The monoisotopic (exact) mass is 432 g/mol. The Hall–Kier alpha value is -2.84. The van der Waals surface area contributed by atoms with Crippen LogP contribution in [0.3, 0.4) is 0 Å². The molecule has 0 unspecified atom stereocenters. The average Bonchev–Trinajstić information content (AvgIpc) is 3.54. The molecule has 3 aromatic heterocycles. The molecule has 3 aliphatic rings. The fourth-order valence-electron chi connectivity index (χ4n) is 6.06. The number of nitrogens with zero attached hydrogens (tertiary/aromatic N) is 6. The van der Waals surface area contributed by atoms with Crippen LogP contribution >= 0.6 is 0 Å². The summed E-state index contributed by atoms with van der Waals surface area (Å²) in [7, 11) is 4.23. The third kappa shape index (κ3) is 3.12. The number of fused-ring (bicyclic) bond motifs is 2. The molecule has 3 aliphatic heterocycles. The molecular weight excluding hydrogens is 404 g/mol. The SMILES string of the molecule is CN(C)C[C@H]1[C@@H]2CC[C@@]3(CN(C(=O)c4cnc5c(c4)ncn5Cc4cccnc4)C[C@@H]13)O2. The number of hydrogen-bond donors (Lipinski definition) is 0. The summed E-state index contributed by atoms with van der Waals surface area (Å²) in [6.07, 6.45) is 9.58. The number of imidazole rings is 1. The van der Waals surface area contributed by atoms with E-state index in [0.717, 1.165) is 42.7 Å². The maximum Gasteiger partial charge on any atom is 0.255 e. The molecule has 4 atom stereocenters. The molecule has 8 nitrogen and oxygen atoms in total. The summed E-state index contributed by atoms with van der Waals surface area (Å²) in [6, 6.07) is 5.81. The third-order valence-electron chi connectivity index (χ3n) is 7.43. The first-order valence-corrected chi connectivity index (χ1v) is 11.3. The number of amides is 1. The van der Waals surface area contributed by atoms with Crippen molar-refractivity contribution in [1.82, 2.24) is 29.3 Å². The van der Waals surface area contributed by atoms with Crippen molar-refractivity contribution in [3.8, 4) is 0 Å². The molecule has 0 radical (unpaired) electrons. The van der Waals surface area contributed by atoms with Crippen LogP contribution in [0.1, 0.15) is 28.8 Å². The van der Waals surface area contributed by atoms with Crippen LogP contribution in [0.5, 0.6) is 0 Å². The van der Waals surface area contributed by atoms with E-state index < -0.39 is 0 Å². The Kier molecular flexibility index (Phi) is 4.55. The van der Waals surface area contributed by atoms with E-state index in [-0.39, 0.29) is 11.5 Å². The molecule has 0 saturated carbocycles. The van der Waals surface area contributed by atoms with Crippen molar-refractivity contribution in [2.75, 3.05) is 33.7 Å². The molecule has 166 valence electrons. The lowest BCUT2D eigenvalue weighted by atomic mass is 9.73. The van der Waals surface area contributed by atoms with Crippen molar-refractivity contribution < 1.29 is 9.53 Å². The van der Waals surface area contributed by atoms with Gasteiger partial charge in [-0.1, -0.05) is 6.07 Å². The Morgan fingerprint density at radius 1 is 1.31 bits per heavy atom. The van der Waals surface area contributed by atoms with Crippen LogP contribution in [-0.4, -0.2) is 80.7 Å². The highest BCUT2D eigenvalue weighted by Gasteiger charge is 2.63. The summed E-state index contributed by atoms with van der Waals surface area (Å²) < 4.78 is 8.47. The smallest absolute Gasteiger partial charge is 0.255 e. The topological polar surface area (TPSA) is 76.4 Å². The van der Waals surface area contributed by atoms with E-state index >= 15 is 0 Å². The number of hydrogen-bond acceptors (Lipinski definition) is 6. The van der Waals surface area contributed by atoms with Gasteiger partial charge in [-0.25, -0.2) is 9.97 Å². The normalized spacial score (nSPS) is 28.7. The summed E-state index contributed by atoms with van der Waals surface area (Å²) in [6.45, 7) is 3.11. The zero-order valence-electron chi connectivity index (χ0n) is 18.5. The van der Waals surface area contributed by atoms with Gasteiger partial charge >= 0.3 is 0 Å². The third-order valence-corrected chi connectivity index (χ3v) is 7.43. The molecule has 1 amide bonds. The van der Waals surface area contributed by atoms with Gasteiger partial charge in [-0.3, -0.25) is 9.78 Å². The maximum atomic E-state index is 13.4. The van der Waals surface area contributed by atoms with Gasteiger partial charge in [0, 0.05) is 43.5 Å². The summed E-state index contributed by atoms with van der Waals surface area (Å²) in [5, 5.41) is 0. The number of likely N-dealkylation sites (tertiary alicyclic amines) is 1. The van der Waals surface area contributed by atoms with Gasteiger partial charge in [-0.15, -0.1) is 0 Å². The number of aromatic nitrogens is 4. The van der Waals surface area contributed by atoms with Gasteiger partial charge in [-0.05, 0) is 44.6 Å². The van der Waals surface area contributed by atoms with Crippen LogP contribution in [0, 0.1) is 11.8 Å². The highest BCUT2D eigenvalue weighted by Crippen LogP contribution is 2.55. The van der Waals surface area contributed by atoms with Crippen molar-refractivity contribution in [2.24, 2.45) is 11.8 Å². The van der Waals surface area contributed by atoms with Crippen molar-refractivity contribution in [3.05, 3.63) is 54.2 Å². The summed E-state index contributed by atoms with van der Waals surface area (Å²) in [5.41, 5.74) is 3.04. The molecule has 3 saturated heterocycles. The number of carbonyl (C=O) groups is 1. The minimum atomic E-state index is -0.149. The summed E-state index contributed by atoms with van der Waals surface area (Å²) >= 11 is 0. The molecule has 3 fully saturated rings.